The quantitative estimate of drug-likeness (QED) is 0.718. The van der Waals surface area contributed by atoms with Crippen LogP contribution in [0.5, 0.6) is 0 Å². The van der Waals surface area contributed by atoms with Crippen LogP contribution in [-0.4, -0.2) is 11.1 Å². The standard InChI is InChI=1S/C13H6Cl4O2/c14-9-5-11(16)10(15)4-8(9)6-2-1-3-7(12(6)17)13(18)19/h1-5H,(H,18,19). The maximum absolute atomic E-state index is 11.0. The monoisotopic (exact) mass is 334 g/mol. The Balaban J connectivity index is 2.69. The van der Waals surface area contributed by atoms with Crippen LogP contribution in [0.25, 0.3) is 11.1 Å². The molecule has 0 bridgehead atoms. The first kappa shape index (κ1) is 14.5. The van der Waals surface area contributed by atoms with Crippen molar-refractivity contribution in [1.82, 2.24) is 0 Å². The lowest BCUT2D eigenvalue weighted by Crippen LogP contribution is -1.98. The molecule has 0 aromatic heterocycles. The van der Waals surface area contributed by atoms with E-state index in [1.807, 2.05) is 0 Å². The first-order valence-corrected chi connectivity index (χ1v) is 6.59. The minimum atomic E-state index is -1.11. The van der Waals surface area contributed by atoms with Crippen LogP contribution in [0.2, 0.25) is 20.1 Å². The predicted molar refractivity (Wildman–Crippen MR) is 78.9 cm³/mol. The van der Waals surface area contributed by atoms with Crippen LogP contribution >= 0.6 is 46.4 Å². The van der Waals surface area contributed by atoms with Crippen molar-refractivity contribution in [3.63, 3.8) is 0 Å². The molecule has 0 saturated carbocycles. The summed E-state index contributed by atoms with van der Waals surface area (Å²) in [5.41, 5.74) is 1.02. The lowest BCUT2D eigenvalue weighted by atomic mass is 10.0. The Hall–Kier alpha value is -0.930. The van der Waals surface area contributed by atoms with Crippen molar-refractivity contribution in [2.75, 3.05) is 0 Å². The average Bonchev–Trinajstić information content (AvgIpc) is 2.34. The summed E-state index contributed by atoms with van der Waals surface area (Å²) in [7, 11) is 0. The maximum atomic E-state index is 11.0. The smallest absolute Gasteiger partial charge is 0.337 e. The highest BCUT2D eigenvalue weighted by molar-refractivity contribution is 6.44. The molecule has 2 aromatic rings. The Morgan fingerprint density at radius 3 is 2.16 bits per heavy atom. The van der Waals surface area contributed by atoms with E-state index in [1.165, 1.54) is 12.1 Å². The normalized spacial score (nSPS) is 10.5. The minimum Gasteiger partial charge on any atom is -0.478 e. The first-order chi connectivity index (χ1) is 8.91. The van der Waals surface area contributed by atoms with E-state index in [4.69, 9.17) is 51.5 Å². The lowest BCUT2D eigenvalue weighted by molar-refractivity contribution is 0.0697. The van der Waals surface area contributed by atoms with Crippen LogP contribution in [0.15, 0.2) is 30.3 Å². The van der Waals surface area contributed by atoms with E-state index in [2.05, 4.69) is 0 Å². The van der Waals surface area contributed by atoms with Crippen LogP contribution in [0.4, 0.5) is 0 Å². The van der Waals surface area contributed by atoms with Gasteiger partial charge in [-0.2, -0.15) is 0 Å². The van der Waals surface area contributed by atoms with Crippen molar-refractivity contribution in [2.24, 2.45) is 0 Å². The van der Waals surface area contributed by atoms with E-state index in [0.717, 1.165) is 0 Å². The summed E-state index contributed by atoms with van der Waals surface area (Å²) in [6.45, 7) is 0. The molecule has 0 fully saturated rings. The van der Waals surface area contributed by atoms with Gasteiger partial charge in [0.05, 0.1) is 25.7 Å². The molecule has 0 aliphatic rings. The number of hydrogen-bond acceptors (Lipinski definition) is 1. The Bertz CT molecular complexity index is 668. The Morgan fingerprint density at radius 2 is 1.53 bits per heavy atom. The van der Waals surface area contributed by atoms with Crippen LogP contribution in [0.3, 0.4) is 0 Å². The molecule has 0 atom stereocenters. The van der Waals surface area contributed by atoms with Crippen LogP contribution in [0, 0.1) is 0 Å². The highest BCUT2D eigenvalue weighted by atomic mass is 35.5. The fourth-order valence-corrected chi connectivity index (χ4v) is 2.59. The van der Waals surface area contributed by atoms with Crippen LogP contribution < -0.4 is 0 Å². The molecule has 0 aliphatic carbocycles. The van der Waals surface area contributed by atoms with Crippen molar-refractivity contribution >= 4 is 52.4 Å². The second-order valence-corrected chi connectivity index (χ2v) is 5.32. The van der Waals surface area contributed by atoms with Gasteiger partial charge >= 0.3 is 5.97 Å². The number of benzene rings is 2. The van der Waals surface area contributed by atoms with Crippen molar-refractivity contribution in [1.29, 1.82) is 0 Å². The van der Waals surface area contributed by atoms with Crippen molar-refractivity contribution in [3.05, 3.63) is 56.0 Å². The van der Waals surface area contributed by atoms with Gasteiger partial charge in [-0.25, -0.2) is 4.79 Å². The summed E-state index contributed by atoms with van der Waals surface area (Å²) in [6.07, 6.45) is 0. The van der Waals surface area contributed by atoms with Crippen molar-refractivity contribution in [3.8, 4) is 11.1 Å². The number of aromatic carboxylic acids is 1. The maximum Gasteiger partial charge on any atom is 0.337 e. The molecular formula is C13H6Cl4O2. The molecule has 0 radical (unpaired) electrons. The van der Waals surface area contributed by atoms with Crippen molar-refractivity contribution in [2.45, 2.75) is 0 Å². The molecule has 1 N–H and O–H groups in total. The molecule has 0 saturated heterocycles. The summed E-state index contributed by atoms with van der Waals surface area (Å²) in [5.74, 6) is -1.11. The molecule has 6 heteroatoms. The zero-order valence-corrected chi connectivity index (χ0v) is 12.3. The Morgan fingerprint density at radius 1 is 0.895 bits per heavy atom. The number of carbonyl (C=O) groups is 1. The number of carboxylic acids is 1. The second-order valence-electron chi connectivity index (χ2n) is 3.72. The van der Waals surface area contributed by atoms with Crippen molar-refractivity contribution < 1.29 is 9.90 Å². The number of hydrogen-bond donors (Lipinski definition) is 1. The summed E-state index contributed by atoms with van der Waals surface area (Å²) >= 11 is 24.0. The van der Waals surface area contributed by atoms with Gasteiger partial charge in [0.1, 0.15) is 0 Å². The van der Waals surface area contributed by atoms with Crippen LogP contribution in [-0.2, 0) is 0 Å². The Labute approximate surface area is 129 Å². The molecule has 19 heavy (non-hydrogen) atoms. The van der Waals surface area contributed by atoms with Gasteiger partial charge in [0.2, 0.25) is 0 Å². The number of halogens is 4. The van der Waals surface area contributed by atoms with E-state index in [0.29, 0.717) is 26.2 Å². The number of carboxylic acid groups (broad SMARTS) is 1. The van der Waals surface area contributed by atoms with Gasteiger partial charge in [-0.15, -0.1) is 0 Å². The number of rotatable bonds is 2. The van der Waals surface area contributed by atoms with Gasteiger partial charge in [0.25, 0.3) is 0 Å². The first-order valence-electron chi connectivity index (χ1n) is 5.08. The van der Waals surface area contributed by atoms with Gasteiger partial charge < -0.3 is 5.11 Å². The topological polar surface area (TPSA) is 37.3 Å². The molecule has 98 valence electrons. The molecule has 2 rings (SSSR count). The minimum absolute atomic E-state index is 0.00121. The van der Waals surface area contributed by atoms with E-state index in [1.54, 1.807) is 18.2 Å². The molecule has 0 spiro atoms. The third-order valence-electron chi connectivity index (χ3n) is 2.53. The highest BCUT2D eigenvalue weighted by Crippen LogP contribution is 2.39. The van der Waals surface area contributed by atoms with E-state index in [-0.39, 0.29) is 10.6 Å². The van der Waals surface area contributed by atoms with Crippen LogP contribution in [0.1, 0.15) is 10.4 Å². The van der Waals surface area contributed by atoms with Gasteiger partial charge in [0, 0.05) is 11.1 Å². The van der Waals surface area contributed by atoms with Gasteiger partial charge in [0.15, 0.2) is 0 Å². The van der Waals surface area contributed by atoms with E-state index >= 15 is 0 Å². The van der Waals surface area contributed by atoms with Gasteiger partial charge in [-0.1, -0.05) is 58.5 Å². The van der Waals surface area contributed by atoms with E-state index < -0.39 is 5.97 Å². The second kappa shape index (κ2) is 5.59. The summed E-state index contributed by atoms with van der Waals surface area (Å²) in [5, 5.41) is 10.1. The summed E-state index contributed by atoms with van der Waals surface area (Å²) in [6, 6.07) is 7.72. The molecule has 0 heterocycles. The van der Waals surface area contributed by atoms with Gasteiger partial charge in [-0.3, -0.25) is 0 Å². The summed E-state index contributed by atoms with van der Waals surface area (Å²) in [4.78, 5) is 11.0. The fraction of sp³-hybridized carbons (Fsp3) is 0. The van der Waals surface area contributed by atoms with Gasteiger partial charge in [-0.05, 0) is 18.2 Å². The third-order valence-corrected chi connectivity index (χ3v) is 3.97. The average molecular weight is 336 g/mol. The van der Waals surface area contributed by atoms with E-state index in [9.17, 15) is 4.79 Å². The predicted octanol–water partition coefficient (Wildman–Crippen LogP) is 5.67. The molecule has 0 amide bonds. The fourth-order valence-electron chi connectivity index (χ4n) is 1.63. The molecule has 2 aromatic carbocycles. The highest BCUT2D eigenvalue weighted by Gasteiger charge is 2.16. The largest absolute Gasteiger partial charge is 0.478 e. The zero-order chi connectivity index (χ0) is 14.2. The lowest BCUT2D eigenvalue weighted by Gasteiger charge is -2.10. The Kier molecular flexibility index (Phi) is 4.26. The summed E-state index contributed by atoms with van der Waals surface area (Å²) < 4.78 is 0. The zero-order valence-electron chi connectivity index (χ0n) is 9.25. The SMILES string of the molecule is O=C(O)c1cccc(-c2cc(Cl)c(Cl)cc2Cl)c1Cl. The molecule has 0 aliphatic heterocycles. The molecule has 0 unspecified atom stereocenters. The third kappa shape index (κ3) is 2.82. The molecule has 2 nitrogen and oxygen atoms in total. The molecular weight excluding hydrogens is 330 g/mol.